The highest BCUT2D eigenvalue weighted by molar-refractivity contribution is 6.39. The molecule has 2 atom stereocenters. The molecule has 1 fully saturated rings. The SMILES string of the molecule is CC[C@]12CC(=O)C[C@@]1(COCc1ccccc1)ON=C2C(=O)O. The quantitative estimate of drug-likeness (QED) is 0.869. The summed E-state index contributed by atoms with van der Waals surface area (Å²) in [5.74, 6) is -1.14. The molecule has 1 saturated carbocycles. The van der Waals surface area contributed by atoms with Crippen LogP contribution in [0.3, 0.4) is 0 Å². The van der Waals surface area contributed by atoms with Gasteiger partial charge in [-0.25, -0.2) is 4.79 Å². The van der Waals surface area contributed by atoms with E-state index in [9.17, 15) is 14.7 Å². The summed E-state index contributed by atoms with van der Waals surface area (Å²) >= 11 is 0. The number of benzene rings is 1. The molecule has 3 rings (SSSR count). The van der Waals surface area contributed by atoms with Crippen molar-refractivity contribution in [3.8, 4) is 0 Å². The number of Topliss-reactive ketones (excluding diaryl/α,β-unsaturated/α-hetero) is 1. The maximum absolute atomic E-state index is 12.0. The van der Waals surface area contributed by atoms with Gasteiger partial charge in [0, 0.05) is 6.42 Å². The smallest absolute Gasteiger partial charge is 0.354 e. The minimum atomic E-state index is -1.13. The zero-order valence-corrected chi connectivity index (χ0v) is 12.9. The summed E-state index contributed by atoms with van der Waals surface area (Å²) < 4.78 is 5.77. The van der Waals surface area contributed by atoms with Gasteiger partial charge in [-0.3, -0.25) is 4.79 Å². The first kappa shape index (κ1) is 15.7. The fraction of sp³-hybridized carbons (Fsp3) is 0.471. The number of ketones is 1. The molecule has 0 saturated heterocycles. The van der Waals surface area contributed by atoms with E-state index in [1.165, 1.54) is 0 Å². The van der Waals surface area contributed by atoms with E-state index in [-0.39, 0.29) is 30.9 Å². The number of carboxylic acid groups (broad SMARTS) is 1. The molecule has 1 aromatic carbocycles. The molecule has 1 aliphatic heterocycles. The van der Waals surface area contributed by atoms with Gasteiger partial charge >= 0.3 is 5.97 Å². The van der Waals surface area contributed by atoms with E-state index in [2.05, 4.69) is 5.16 Å². The Kier molecular flexibility index (Phi) is 3.93. The Bertz CT molecular complexity index is 656. The van der Waals surface area contributed by atoms with E-state index < -0.39 is 17.0 Å². The van der Waals surface area contributed by atoms with E-state index in [1.807, 2.05) is 37.3 Å². The number of hydrogen-bond acceptors (Lipinski definition) is 5. The number of carboxylic acids is 1. The molecule has 1 aliphatic carbocycles. The van der Waals surface area contributed by atoms with Crippen LogP contribution in [0.5, 0.6) is 0 Å². The number of fused-ring (bicyclic) bond motifs is 1. The molecule has 0 unspecified atom stereocenters. The van der Waals surface area contributed by atoms with Crippen LogP contribution in [0.25, 0.3) is 0 Å². The molecular weight excluding hydrogens is 298 g/mol. The Labute approximate surface area is 134 Å². The van der Waals surface area contributed by atoms with Crippen molar-refractivity contribution < 1.29 is 24.3 Å². The lowest BCUT2D eigenvalue weighted by Crippen LogP contribution is -2.50. The summed E-state index contributed by atoms with van der Waals surface area (Å²) in [5.41, 5.74) is -0.949. The van der Waals surface area contributed by atoms with Crippen molar-refractivity contribution in [3.05, 3.63) is 35.9 Å². The number of carbonyl (C=O) groups is 2. The van der Waals surface area contributed by atoms with E-state index in [0.29, 0.717) is 13.0 Å². The third-order valence-electron chi connectivity index (χ3n) is 4.87. The molecule has 122 valence electrons. The first-order chi connectivity index (χ1) is 11.0. The van der Waals surface area contributed by atoms with Crippen molar-refractivity contribution in [1.29, 1.82) is 0 Å². The molecule has 0 bridgehead atoms. The summed E-state index contributed by atoms with van der Waals surface area (Å²) in [6.45, 7) is 2.38. The van der Waals surface area contributed by atoms with Crippen LogP contribution in [0.1, 0.15) is 31.7 Å². The van der Waals surface area contributed by atoms with E-state index in [4.69, 9.17) is 9.57 Å². The van der Waals surface area contributed by atoms with Crippen molar-refractivity contribution in [2.45, 2.75) is 38.4 Å². The molecule has 23 heavy (non-hydrogen) atoms. The summed E-state index contributed by atoms with van der Waals surface area (Å²) in [7, 11) is 0. The average molecular weight is 317 g/mol. The van der Waals surface area contributed by atoms with Crippen LogP contribution in [0.2, 0.25) is 0 Å². The molecule has 1 heterocycles. The minimum absolute atomic E-state index is 0.0104. The lowest BCUT2D eigenvalue weighted by Gasteiger charge is -2.35. The van der Waals surface area contributed by atoms with Crippen molar-refractivity contribution in [1.82, 2.24) is 0 Å². The lowest BCUT2D eigenvalue weighted by molar-refractivity contribution is -0.132. The third-order valence-corrected chi connectivity index (χ3v) is 4.87. The van der Waals surface area contributed by atoms with Crippen LogP contribution in [-0.2, 0) is 25.8 Å². The maximum Gasteiger partial charge on any atom is 0.354 e. The van der Waals surface area contributed by atoms with Crippen molar-refractivity contribution in [3.63, 3.8) is 0 Å². The van der Waals surface area contributed by atoms with E-state index in [1.54, 1.807) is 0 Å². The van der Waals surface area contributed by atoms with Gasteiger partial charge in [0.15, 0.2) is 11.3 Å². The van der Waals surface area contributed by atoms with Crippen LogP contribution in [-0.4, -0.2) is 34.8 Å². The first-order valence-electron chi connectivity index (χ1n) is 7.66. The first-order valence-corrected chi connectivity index (χ1v) is 7.66. The fourth-order valence-electron chi connectivity index (χ4n) is 3.67. The van der Waals surface area contributed by atoms with Crippen LogP contribution in [0, 0.1) is 5.41 Å². The van der Waals surface area contributed by atoms with Gasteiger partial charge in [0.2, 0.25) is 0 Å². The van der Waals surface area contributed by atoms with Gasteiger partial charge in [-0.1, -0.05) is 42.4 Å². The Morgan fingerprint density at radius 1 is 1.35 bits per heavy atom. The maximum atomic E-state index is 12.0. The Morgan fingerprint density at radius 3 is 2.74 bits per heavy atom. The Morgan fingerprint density at radius 2 is 2.09 bits per heavy atom. The monoisotopic (exact) mass is 317 g/mol. The number of aliphatic carboxylic acids is 1. The molecule has 0 spiro atoms. The van der Waals surface area contributed by atoms with Gasteiger partial charge in [0.25, 0.3) is 0 Å². The number of carbonyl (C=O) groups excluding carboxylic acids is 1. The minimum Gasteiger partial charge on any atom is -0.477 e. The zero-order valence-electron chi connectivity index (χ0n) is 12.9. The molecule has 0 amide bonds. The predicted octanol–water partition coefficient (Wildman–Crippen LogP) is 2.17. The van der Waals surface area contributed by atoms with Crippen molar-refractivity contribution in [2.24, 2.45) is 10.6 Å². The highest BCUT2D eigenvalue weighted by Crippen LogP contribution is 2.54. The molecule has 6 nitrogen and oxygen atoms in total. The predicted molar refractivity (Wildman–Crippen MR) is 81.9 cm³/mol. The zero-order chi connectivity index (χ0) is 16.5. The molecule has 2 aliphatic rings. The van der Waals surface area contributed by atoms with Crippen LogP contribution < -0.4 is 0 Å². The number of rotatable bonds is 6. The van der Waals surface area contributed by atoms with E-state index in [0.717, 1.165) is 5.56 Å². The standard InChI is InChI=1S/C17H19NO5/c1-2-16-8-13(19)9-17(16,23-18-14(16)15(20)21)11-22-10-12-6-4-3-5-7-12/h3-7H,2,8-11H2,1H3,(H,20,21)/t16-,17+/m1/s1. The fourth-order valence-corrected chi connectivity index (χ4v) is 3.67. The van der Waals surface area contributed by atoms with Crippen molar-refractivity contribution in [2.75, 3.05) is 6.61 Å². The summed E-state index contributed by atoms with van der Waals surface area (Å²) in [4.78, 5) is 29.0. The van der Waals surface area contributed by atoms with Gasteiger partial charge < -0.3 is 14.7 Å². The second kappa shape index (κ2) is 5.77. The largest absolute Gasteiger partial charge is 0.477 e. The Hall–Kier alpha value is -2.21. The molecule has 1 N–H and O–H groups in total. The number of ether oxygens (including phenoxy) is 1. The molecular formula is C17H19NO5. The van der Waals surface area contributed by atoms with Crippen molar-refractivity contribution >= 4 is 17.5 Å². The number of oxime groups is 1. The van der Waals surface area contributed by atoms with Gasteiger partial charge in [-0.2, -0.15) is 0 Å². The third kappa shape index (κ3) is 2.43. The number of nitrogens with zero attached hydrogens (tertiary/aromatic N) is 1. The summed E-state index contributed by atoms with van der Waals surface area (Å²) in [6, 6.07) is 9.65. The second-order valence-electron chi connectivity index (χ2n) is 6.14. The Balaban J connectivity index is 1.79. The molecule has 1 aromatic rings. The normalized spacial score (nSPS) is 29.1. The van der Waals surface area contributed by atoms with Gasteiger partial charge in [0.05, 0.1) is 25.0 Å². The molecule has 0 radical (unpaired) electrons. The topological polar surface area (TPSA) is 85.2 Å². The molecule has 6 heteroatoms. The van der Waals surface area contributed by atoms with Gasteiger partial charge in [-0.15, -0.1) is 0 Å². The average Bonchev–Trinajstić information content (AvgIpc) is 2.97. The molecule has 0 aromatic heterocycles. The summed E-state index contributed by atoms with van der Waals surface area (Å²) in [5, 5.41) is 13.2. The van der Waals surface area contributed by atoms with Crippen LogP contribution >= 0.6 is 0 Å². The number of hydrogen-bond donors (Lipinski definition) is 1. The highest BCUT2D eigenvalue weighted by Gasteiger charge is 2.67. The van der Waals surface area contributed by atoms with E-state index >= 15 is 0 Å². The van der Waals surface area contributed by atoms with Gasteiger partial charge in [0.1, 0.15) is 5.78 Å². The summed E-state index contributed by atoms with van der Waals surface area (Å²) in [6.07, 6.45) is 0.748. The lowest BCUT2D eigenvalue weighted by atomic mass is 9.69. The highest BCUT2D eigenvalue weighted by atomic mass is 16.7. The van der Waals surface area contributed by atoms with Gasteiger partial charge in [-0.05, 0) is 12.0 Å². The van der Waals surface area contributed by atoms with Crippen LogP contribution in [0.4, 0.5) is 0 Å². The second-order valence-corrected chi connectivity index (χ2v) is 6.14. The van der Waals surface area contributed by atoms with Crippen LogP contribution in [0.15, 0.2) is 35.5 Å².